The van der Waals surface area contributed by atoms with Crippen molar-refractivity contribution in [1.82, 2.24) is 14.8 Å². The van der Waals surface area contributed by atoms with E-state index in [4.69, 9.17) is 21.1 Å². The van der Waals surface area contributed by atoms with E-state index < -0.39 is 0 Å². The highest BCUT2D eigenvalue weighted by atomic mass is 35.5. The molecule has 3 heterocycles. The monoisotopic (exact) mass is 437 g/mol. The number of allylic oxidation sites excluding steroid dienone is 4. The number of aryl methyl sites for hydroxylation is 1. The predicted molar refractivity (Wildman–Crippen MR) is 124 cm³/mol. The number of aromatic nitrogens is 1. The SMILES string of the molecule is Clc1cccc2[nH]cc(CCCN3CCN(C4=COC(C5=CC=CCC5)=CO4)CC3)c12. The van der Waals surface area contributed by atoms with Gasteiger partial charge in [0, 0.05) is 43.3 Å². The van der Waals surface area contributed by atoms with E-state index >= 15 is 0 Å². The van der Waals surface area contributed by atoms with Gasteiger partial charge in [0.15, 0.2) is 12.0 Å². The number of H-pyrrole nitrogens is 1. The van der Waals surface area contributed by atoms with E-state index in [1.165, 1.54) is 16.5 Å². The van der Waals surface area contributed by atoms with Gasteiger partial charge in [0.1, 0.15) is 6.26 Å². The second-order valence-electron chi connectivity index (χ2n) is 8.24. The van der Waals surface area contributed by atoms with Crippen LogP contribution in [0.3, 0.4) is 0 Å². The smallest absolute Gasteiger partial charge is 0.231 e. The Morgan fingerprint density at radius 2 is 1.97 bits per heavy atom. The van der Waals surface area contributed by atoms with Crippen LogP contribution in [0, 0.1) is 0 Å². The van der Waals surface area contributed by atoms with Crippen LogP contribution < -0.4 is 0 Å². The molecule has 0 unspecified atom stereocenters. The number of benzene rings is 1. The number of aromatic amines is 1. The Morgan fingerprint density at radius 1 is 1.06 bits per heavy atom. The Hall–Kier alpha value is -2.63. The van der Waals surface area contributed by atoms with Crippen LogP contribution in [0.2, 0.25) is 5.02 Å². The van der Waals surface area contributed by atoms with Crippen LogP contribution in [0.1, 0.15) is 24.8 Å². The maximum atomic E-state index is 6.40. The van der Waals surface area contributed by atoms with Gasteiger partial charge in [-0.1, -0.05) is 35.9 Å². The number of halogens is 1. The minimum Gasteiger partial charge on any atom is -0.456 e. The molecule has 31 heavy (non-hydrogen) atoms. The molecule has 5 nitrogen and oxygen atoms in total. The fourth-order valence-electron chi connectivity index (χ4n) is 4.48. The van der Waals surface area contributed by atoms with Crippen LogP contribution in [0.25, 0.3) is 10.9 Å². The summed E-state index contributed by atoms with van der Waals surface area (Å²) in [7, 11) is 0. The Morgan fingerprint density at radius 3 is 2.74 bits per heavy atom. The third-order valence-corrected chi connectivity index (χ3v) is 6.56. The van der Waals surface area contributed by atoms with Crippen LogP contribution in [-0.4, -0.2) is 47.5 Å². The van der Waals surface area contributed by atoms with Crippen molar-refractivity contribution < 1.29 is 9.47 Å². The Kier molecular flexibility index (Phi) is 6.05. The summed E-state index contributed by atoms with van der Waals surface area (Å²) in [5.41, 5.74) is 3.62. The summed E-state index contributed by atoms with van der Waals surface area (Å²) in [5, 5.41) is 2.00. The van der Waals surface area contributed by atoms with Gasteiger partial charge in [0.2, 0.25) is 5.88 Å². The molecule has 0 saturated carbocycles. The maximum absolute atomic E-state index is 6.40. The third-order valence-electron chi connectivity index (χ3n) is 6.24. The van der Waals surface area contributed by atoms with Gasteiger partial charge in [-0.05, 0) is 55.5 Å². The Balaban J connectivity index is 1.08. The fraction of sp³-hybridized carbons (Fsp3) is 0.360. The summed E-state index contributed by atoms with van der Waals surface area (Å²) >= 11 is 6.40. The van der Waals surface area contributed by atoms with E-state index in [2.05, 4.69) is 45.3 Å². The minimum absolute atomic E-state index is 0.809. The van der Waals surface area contributed by atoms with Crippen molar-refractivity contribution in [1.29, 1.82) is 0 Å². The lowest BCUT2D eigenvalue weighted by Crippen LogP contribution is -2.46. The molecule has 1 saturated heterocycles. The minimum atomic E-state index is 0.809. The molecule has 6 heteroatoms. The van der Waals surface area contributed by atoms with Gasteiger partial charge in [-0.3, -0.25) is 4.90 Å². The molecule has 2 aromatic rings. The molecule has 0 amide bonds. The molecule has 0 spiro atoms. The van der Waals surface area contributed by atoms with Crippen molar-refractivity contribution in [3.05, 3.63) is 82.9 Å². The van der Waals surface area contributed by atoms with Crippen molar-refractivity contribution in [3.63, 3.8) is 0 Å². The summed E-state index contributed by atoms with van der Waals surface area (Å²) in [6.07, 6.45) is 16.2. The zero-order chi connectivity index (χ0) is 21.0. The van der Waals surface area contributed by atoms with Gasteiger partial charge < -0.3 is 19.4 Å². The average Bonchev–Trinajstić information content (AvgIpc) is 3.25. The largest absolute Gasteiger partial charge is 0.456 e. The lowest BCUT2D eigenvalue weighted by atomic mass is 10.0. The first-order valence-corrected chi connectivity index (χ1v) is 11.5. The lowest BCUT2D eigenvalue weighted by Gasteiger charge is -2.36. The Bertz CT molecular complexity index is 1060. The highest BCUT2D eigenvalue weighted by Crippen LogP contribution is 2.28. The van der Waals surface area contributed by atoms with E-state index in [9.17, 15) is 0 Å². The van der Waals surface area contributed by atoms with Crippen LogP contribution >= 0.6 is 11.6 Å². The number of hydrogen-bond donors (Lipinski definition) is 1. The summed E-state index contributed by atoms with van der Waals surface area (Å²) in [6.45, 7) is 5.04. The van der Waals surface area contributed by atoms with E-state index in [1.54, 1.807) is 12.5 Å². The molecular formula is C25H28ClN3O2. The van der Waals surface area contributed by atoms with Gasteiger partial charge >= 0.3 is 0 Å². The van der Waals surface area contributed by atoms with Gasteiger partial charge in [0.25, 0.3) is 0 Å². The number of nitrogens with one attached hydrogen (secondary N) is 1. The molecule has 0 bridgehead atoms. The van der Waals surface area contributed by atoms with Crippen molar-refractivity contribution in [3.8, 4) is 0 Å². The average molecular weight is 438 g/mol. The highest BCUT2D eigenvalue weighted by Gasteiger charge is 2.22. The molecule has 0 radical (unpaired) electrons. The first-order valence-electron chi connectivity index (χ1n) is 11.1. The number of rotatable bonds is 6. The van der Waals surface area contributed by atoms with Gasteiger partial charge in [0.05, 0.1) is 5.02 Å². The van der Waals surface area contributed by atoms with E-state index in [-0.39, 0.29) is 0 Å². The van der Waals surface area contributed by atoms with Crippen molar-refractivity contribution in [2.75, 3.05) is 32.7 Å². The standard InChI is InChI=1S/C25H28ClN3O2/c26-21-9-4-10-22-25(21)20(16-27-22)8-5-11-28-12-14-29(15-13-28)24-18-30-23(17-31-24)19-6-2-1-3-7-19/h1-2,4,6,9-10,16-18,27H,3,5,7-8,11-15H2. The van der Waals surface area contributed by atoms with Crippen LogP contribution in [0.5, 0.6) is 0 Å². The van der Waals surface area contributed by atoms with Crippen LogP contribution in [0.4, 0.5) is 0 Å². The van der Waals surface area contributed by atoms with Crippen molar-refractivity contribution >= 4 is 22.5 Å². The molecule has 1 N–H and O–H groups in total. The predicted octanol–water partition coefficient (Wildman–Crippen LogP) is 5.34. The first-order chi connectivity index (χ1) is 15.3. The van der Waals surface area contributed by atoms with Gasteiger partial charge in [-0.2, -0.15) is 0 Å². The molecule has 162 valence electrons. The van der Waals surface area contributed by atoms with Gasteiger partial charge in [-0.25, -0.2) is 0 Å². The van der Waals surface area contributed by atoms with Crippen LogP contribution in [0.15, 0.2) is 72.4 Å². The molecule has 2 aliphatic heterocycles. The molecule has 5 rings (SSSR count). The molecule has 1 aromatic carbocycles. The highest BCUT2D eigenvalue weighted by molar-refractivity contribution is 6.35. The molecule has 1 fully saturated rings. The number of piperazine rings is 1. The van der Waals surface area contributed by atoms with Crippen molar-refractivity contribution in [2.45, 2.75) is 25.7 Å². The molecule has 3 aliphatic rings. The topological polar surface area (TPSA) is 40.7 Å². The molecule has 0 atom stereocenters. The van der Waals surface area contributed by atoms with Crippen LogP contribution in [-0.2, 0) is 15.9 Å². The zero-order valence-electron chi connectivity index (χ0n) is 17.6. The zero-order valence-corrected chi connectivity index (χ0v) is 18.4. The van der Waals surface area contributed by atoms with E-state index in [0.717, 1.165) is 80.6 Å². The summed E-state index contributed by atoms with van der Waals surface area (Å²) < 4.78 is 11.8. The summed E-state index contributed by atoms with van der Waals surface area (Å²) in [6, 6.07) is 6.03. The fourth-order valence-corrected chi connectivity index (χ4v) is 4.78. The maximum Gasteiger partial charge on any atom is 0.231 e. The summed E-state index contributed by atoms with van der Waals surface area (Å²) in [5.74, 6) is 1.63. The number of ether oxygens (including phenoxy) is 2. The quantitative estimate of drug-likeness (QED) is 0.662. The van der Waals surface area contributed by atoms with E-state index in [0.29, 0.717) is 0 Å². The lowest BCUT2D eigenvalue weighted by molar-refractivity contribution is 0.0842. The molecular weight excluding hydrogens is 410 g/mol. The number of nitrogens with zero attached hydrogens (tertiary/aromatic N) is 2. The second-order valence-corrected chi connectivity index (χ2v) is 8.65. The third kappa shape index (κ3) is 4.53. The van der Waals surface area contributed by atoms with Crippen molar-refractivity contribution in [2.24, 2.45) is 0 Å². The molecule has 1 aromatic heterocycles. The Labute approximate surface area is 188 Å². The second kappa shape index (κ2) is 9.25. The number of fused-ring (bicyclic) bond motifs is 1. The summed E-state index contributed by atoms with van der Waals surface area (Å²) in [4.78, 5) is 8.12. The molecule has 1 aliphatic carbocycles. The van der Waals surface area contributed by atoms with Gasteiger partial charge in [-0.15, -0.1) is 0 Å². The normalized spacial score (nSPS) is 19.5. The first kappa shape index (κ1) is 20.3. The van der Waals surface area contributed by atoms with E-state index in [1.807, 2.05) is 12.1 Å². The number of hydrogen-bond acceptors (Lipinski definition) is 4.